The van der Waals surface area contributed by atoms with Crippen molar-refractivity contribution in [2.24, 2.45) is 17.3 Å². The van der Waals surface area contributed by atoms with E-state index in [1.165, 1.54) is 12.8 Å². The minimum Gasteiger partial charge on any atom is -0.342 e. The molecule has 3 fully saturated rings. The van der Waals surface area contributed by atoms with Crippen LogP contribution in [0.1, 0.15) is 39.5 Å². The summed E-state index contributed by atoms with van der Waals surface area (Å²) in [6.45, 7) is 5.48. The van der Waals surface area contributed by atoms with Gasteiger partial charge < -0.3 is 10.2 Å². The van der Waals surface area contributed by atoms with E-state index in [4.69, 9.17) is 0 Å². The highest BCUT2D eigenvalue weighted by atomic mass is 16.2. The van der Waals surface area contributed by atoms with Crippen LogP contribution in [0.3, 0.4) is 0 Å². The van der Waals surface area contributed by atoms with Crippen LogP contribution in [0, 0.1) is 17.3 Å². The third-order valence-electron chi connectivity index (χ3n) is 4.94. The first-order chi connectivity index (χ1) is 8.52. The lowest BCUT2D eigenvalue weighted by molar-refractivity contribution is -0.146. The van der Waals surface area contributed by atoms with Crippen molar-refractivity contribution in [3.8, 4) is 0 Å². The van der Waals surface area contributed by atoms with Crippen molar-refractivity contribution >= 4 is 11.8 Å². The SMILES string of the molecule is CC(C)C1(CN2CC(=O)NC(C3CC3)C2=O)CC1. The van der Waals surface area contributed by atoms with Crippen LogP contribution >= 0.6 is 0 Å². The van der Waals surface area contributed by atoms with Gasteiger partial charge in [-0.1, -0.05) is 13.8 Å². The number of piperazine rings is 1. The number of amides is 2. The second-order valence-electron chi connectivity index (χ2n) is 6.59. The zero-order chi connectivity index (χ0) is 12.9. The Morgan fingerprint density at radius 1 is 1.33 bits per heavy atom. The van der Waals surface area contributed by atoms with Crippen molar-refractivity contribution in [1.82, 2.24) is 10.2 Å². The summed E-state index contributed by atoms with van der Waals surface area (Å²) in [6, 6.07) is -0.228. The molecule has 3 aliphatic rings. The number of hydrogen-bond donors (Lipinski definition) is 1. The summed E-state index contributed by atoms with van der Waals surface area (Å²) in [6.07, 6.45) is 4.56. The van der Waals surface area contributed by atoms with Crippen molar-refractivity contribution in [3.63, 3.8) is 0 Å². The van der Waals surface area contributed by atoms with E-state index in [-0.39, 0.29) is 24.4 Å². The lowest BCUT2D eigenvalue weighted by atomic mass is 9.91. The van der Waals surface area contributed by atoms with E-state index < -0.39 is 0 Å². The zero-order valence-electron chi connectivity index (χ0n) is 11.2. The van der Waals surface area contributed by atoms with Crippen molar-refractivity contribution in [2.75, 3.05) is 13.1 Å². The summed E-state index contributed by atoms with van der Waals surface area (Å²) < 4.78 is 0. The van der Waals surface area contributed by atoms with Gasteiger partial charge in [-0.3, -0.25) is 9.59 Å². The lowest BCUT2D eigenvalue weighted by Gasteiger charge is -2.36. The molecule has 0 radical (unpaired) electrons. The Balaban J connectivity index is 1.70. The lowest BCUT2D eigenvalue weighted by Crippen LogP contribution is -2.60. The third-order valence-corrected chi connectivity index (χ3v) is 4.94. The van der Waals surface area contributed by atoms with Gasteiger partial charge in [-0.05, 0) is 42.9 Å². The molecule has 2 amide bonds. The maximum atomic E-state index is 12.4. The van der Waals surface area contributed by atoms with E-state index in [1.807, 2.05) is 4.90 Å². The van der Waals surface area contributed by atoms with Crippen molar-refractivity contribution < 1.29 is 9.59 Å². The highest BCUT2D eigenvalue weighted by molar-refractivity contribution is 5.95. The quantitative estimate of drug-likeness (QED) is 0.814. The summed E-state index contributed by atoms with van der Waals surface area (Å²) in [7, 11) is 0. The maximum absolute atomic E-state index is 12.4. The Labute approximate surface area is 108 Å². The van der Waals surface area contributed by atoms with Gasteiger partial charge >= 0.3 is 0 Å². The van der Waals surface area contributed by atoms with Crippen LogP contribution in [0.2, 0.25) is 0 Å². The second-order valence-corrected chi connectivity index (χ2v) is 6.59. The van der Waals surface area contributed by atoms with Gasteiger partial charge in [0.15, 0.2) is 0 Å². The Hall–Kier alpha value is -1.06. The van der Waals surface area contributed by atoms with Crippen LogP contribution in [0.4, 0.5) is 0 Å². The molecule has 0 aromatic rings. The first kappa shape index (κ1) is 12.0. The number of hydrogen-bond acceptors (Lipinski definition) is 2. The smallest absolute Gasteiger partial charge is 0.245 e. The summed E-state index contributed by atoms with van der Waals surface area (Å²) in [5, 5.41) is 2.86. The average molecular weight is 250 g/mol. The van der Waals surface area contributed by atoms with E-state index in [2.05, 4.69) is 19.2 Å². The fourth-order valence-corrected chi connectivity index (χ4v) is 3.07. The molecule has 1 aliphatic heterocycles. The van der Waals surface area contributed by atoms with Gasteiger partial charge in [-0.2, -0.15) is 0 Å². The Morgan fingerprint density at radius 3 is 2.50 bits per heavy atom. The van der Waals surface area contributed by atoms with E-state index in [1.54, 1.807) is 0 Å². The Bertz CT molecular complexity index is 383. The monoisotopic (exact) mass is 250 g/mol. The van der Waals surface area contributed by atoms with Gasteiger partial charge in [0.1, 0.15) is 6.04 Å². The molecule has 100 valence electrons. The number of carbonyl (C=O) groups excluding carboxylic acids is 2. The molecule has 0 aromatic carbocycles. The van der Waals surface area contributed by atoms with Crippen molar-refractivity contribution in [1.29, 1.82) is 0 Å². The van der Waals surface area contributed by atoms with Crippen LogP contribution in [-0.2, 0) is 9.59 Å². The molecule has 2 saturated carbocycles. The Morgan fingerprint density at radius 2 is 2.00 bits per heavy atom. The number of nitrogens with zero attached hydrogens (tertiary/aromatic N) is 1. The van der Waals surface area contributed by atoms with Gasteiger partial charge in [0.25, 0.3) is 0 Å². The molecule has 0 bridgehead atoms. The number of rotatable bonds is 4. The molecule has 4 nitrogen and oxygen atoms in total. The van der Waals surface area contributed by atoms with E-state index in [0.29, 0.717) is 17.3 Å². The second kappa shape index (κ2) is 3.97. The van der Waals surface area contributed by atoms with Crippen LogP contribution < -0.4 is 5.32 Å². The summed E-state index contributed by atoms with van der Waals surface area (Å²) in [5.41, 5.74) is 0.293. The molecule has 0 spiro atoms. The molecule has 1 atom stereocenters. The topological polar surface area (TPSA) is 49.4 Å². The molecule has 1 saturated heterocycles. The zero-order valence-corrected chi connectivity index (χ0v) is 11.2. The first-order valence-corrected chi connectivity index (χ1v) is 7.10. The first-order valence-electron chi connectivity index (χ1n) is 7.10. The fourth-order valence-electron chi connectivity index (χ4n) is 3.07. The predicted molar refractivity (Wildman–Crippen MR) is 67.7 cm³/mol. The maximum Gasteiger partial charge on any atom is 0.245 e. The van der Waals surface area contributed by atoms with Crippen molar-refractivity contribution in [3.05, 3.63) is 0 Å². The molecule has 18 heavy (non-hydrogen) atoms. The molecule has 2 aliphatic carbocycles. The third kappa shape index (κ3) is 2.02. The Kier molecular flexibility index (Phi) is 2.65. The molecular weight excluding hydrogens is 228 g/mol. The molecule has 0 aromatic heterocycles. The summed E-state index contributed by atoms with van der Waals surface area (Å²) in [5.74, 6) is 1.17. The predicted octanol–water partition coefficient (Wildman–Crippen LogP) is 1.16. The average Bonchev–Trinajstić information content (AvgIpc) is 3.15. The normalized spacial score (nSPS) is 30.6. The number of nitrogens with one attached hydrogen (secondary N) is 1. The van der Waals surface area contributed by atoms with Gasteiger partial charge in [-0.15, -0.1) is 0 Å². The summed E-state index contributed by atoms with van der Waals surface area (Å²) >= 11 is 0. The van der Waals surface area contributed by atoms with Crippen molar-refractivity contribution in [2.45, 2.75) is 45.6 Å². The van der Waals surface area contributed by atoms with E-state index in [0.717, 1.165) is 19.4 Å². The fraction of sp³-hybridized carbons (Fsp3) is 0.857. The van der Waals surface area contributed by atoms with Gasteiger partial charge in [0.05, 0.1) is 6.54 Å². The van der Waals surface area contributed by atoms with Gasteiger partial charge in [-0.25, -0.2) is 0 Å². The molecule has 4 heteroatoms. The highest BCUT2D eigenvalue weighted by Gasteiger charge is 2.50. The minimum absolute atomic E-state index is 0.0195. The standard InChI is InChI=1S/C14H22N2O2/c1-9(2)14(5-6-14)8-16-7-11(17)15-12(13(16)18)10-3-4-10/h9-10,12H,3-8H2,1-2H3,(H,15,17). The van der Waals surface area contributed by atoms with Gasteiger partial charge in [0, 0.05) is 6.54 Å². The molecular formula is C14H22N2O2. The van der Waals surface area contributed by atoms with Gasteiger partial charge in [0.2, 0.25) is 11.8 Å². The molecule has 3 rings (SSSR count). The number of carbonyl (C=O) groups is 2. The highest BCUT2D eigenvalue weighted by Crippen LogP contribution is 2.52. The molecule has 1 N–H and O–H groups in total. The van der Waals surface area contributed by atoms with E-state index in [9.17, 15) is 9.59 Å². The minimum atomic E-state index is -0.228. The largest absolute Gasteiger partial charge is 0.342 e. The van der Waals surface area contributed by atoms with E-state index >= 15 is 0 Å². The molecule has 1 heterocycles. The summed E-state index contributed by atoms with van der Waals surface area (Å²) in [4.78, 5) is 25.9. The van der Waals surface area contributed by atoms with Crippen LogP contribution in [-0.4, -0.2) is 35.8 Å². The van der Waals surface area contributed by atoms with Crippen LogP contribution in [0.25, 0.3) is 0 Å². The molecule has 1 unspecified atom stereocenters. The van der Waals surface area contributed by atoms with Crippen LogP contribution in [0.5, 0.6) is 0 Å². The van der Waals surface area contributed by atoms with Crippen LogP contribution in [0.15, 0.2) is 0 Å².